The number of rotatable bonds is 5. The van der Waals surface area contributed by atoms with Crippen molar-refractivity contribution in [2.24, 2.45) is 0 Å². The number of aromatic nitrogens is 3. The fourth-order valence-corrected chi connectivity index (χ4v) is 3.46. The van der Waals surface area contributed by atoms with Gasteiger partial charge in [0.05, 0.1) is 0 Å². The van der Waals surface area contributed by atoms with E-state index in [0.717, 1.165) is 48.3 Å². The summed E-state index contributed by atoms with van der Waals surface area (Å²) in [4.78, 5) is 30.1. The molecule has 0 radical (unpaired) electrons. The molecular weight excluding hydrogens is 344 g/mol. The summed E-state index contributed by atoms with van der Waals surface area (Å²) in [5.74, 6) is -0.143. The average Bonchev–Trinajstić information content (AvgIpc) is 3.33. The van der Waals surface area contributed by atoms with Crippen LogP contribution < -0.4 is 4.90 Å². The molecule has 0 atom stereocenters. The molecule has 4 rings (SSSR count). The van der Waals surface area contributed by atoms with Crippen molar-refractivity contribution in [2.75, 3.05) is 24.6 Å². The summed E-state index contributed by atoms with van der Waals surface area (Å²) in [6.45, 7) is 3.41. The Balaban J connectivity index is 1.42. The number of benzene rings is 1. The Kier molecular flexibility index (Phi) is 4.58. The second-order valence-electron chi connectivity index (χ2n) is 6.64. The minimum absolute atomic E-state index is 0.0985. The zero-order chi connectivity index (χ0) is 18.8. The quantitative estimate of drug-likeness (QED) is 0.553. The Hall–Kier alpha value is -3.22. The summed E-state index contributed by atoms with van der Waals surface area (Å²) >= 11 is 0. The van der Waals surface area contributed by atoms with Crippen LogP contribution in [0.1, 0.15) is 39.4 Å². The molecule has 3 heterocycles. The Morgan fingerprint density at radius 2 is 1.89 bits per heavy atom. The molecule has 7 heteroatoms. The zero-order valence-electron chi connectivity index (χ0n) is 15.1. The molecule has 138 valence electrons. The molecule has 1 N–H and O–H groups in total. The van der Waals surface area contributed by atoms with Gasteiger partial charge in [-0.1, -0.05) is 18.2 Å². The number of fused-ring (bicyclic) bond motifs is 1. The molecule has 0 aliphatic carbocycles. The van der Waals surface area contributed by atoms with E-state index < -0.39 is 5.97 Å². The molecule has 0 saturated carbocycles. The Morgan fingerprint density at radius 3 is 2.63 bits per heavy atom. The van der Waals surface area contributed by atoms with Crippen molar-refractivity contribution in [3.05, 3.63) is 53.3 Å². The van der Waals surface area contributed by atoms with E-state index in [4.69, 9.17) is 4.74 Å². The highest BCUT2D eigenvalue weighted by Gasteiger charge is 2.19. The number of Topliss-reactive ketones (excluding diaryl/α,β-unsaturated/α-hetero) is 1. The molecule has 0 unspecified atom stereocenters. The van der Waals surface area contributed by atoms with E-state index in [1.165, 1.54) is 0 Å². The molecular formula is C20H20N4O3. The molecule has 27 heavy (non-hydrogen) atoms. The number of carbonyl (C=O) groups is 2. The standard InChI is InChI=1S/C20H20N4O3/c1-13-19(14-6-2-3-7-15(14)21-13)17(25)12-27-20(26)16-8-9-18(23-22-16)24-10-4-5-11-24/h2-3,6-9,21H,4-5,10-12H2,1H3. The van der Waals surface area contributed by atoms with E-state index in [0.29, 0.717) is 5.56 Å². The van der Waals surface area contributed by atoms with Gasteiger partial charge in [-0.2, -0.15) is 0 Å². The van der Waals surface area contributed by atoms with Crippen molar-refractivity contribution in [3.8, 4) is 0 Å². The van der Waals surface area contributed by atoms with Crippen LogP contribution in [-0.2, 0) is 4.74 Å². The van der Waals surface area contributed by atoms with Gasteiger partial charge in [0.1, 0.15) is 0 Å². The molecule has 3 aromatic rings. The number of aryl methyl sites for hydroxylation is 1. The number of nitrogens with one attached hydrogen (secondary N) is 1. The van der Waals surface area contributed by atoms with Crippen LogP contribution in [0.2, 0.25) is 0 Å². The molecule has 0 bridgehead atoms. The summed E-state index contributed by atoms with van der Waals surface area (Å²) in [5, 5.41) is 8.87. The Bertz CT molecular complexity index is 988. The largest absolute Gasteiger partial charge is 0.453 e. The normalized spacial score (nSPS) is 13.9. The number of aromatic amines is 1. The number of hydrogen-bond acceptors (Lipinski definition) is 6. The van der Waals surface area contributed by atoms with Crippen molar-refractivity contribution in [3.63, 3.8) is 0 Å². The predicted octanol–water partition coefficient (Wildman–Crippen LogP) is 2.91. The van der Waals surface area contributed by atoms with E-state index in [2.05, 4.69) is 20.1 Å². The summed E-state index contributed by atoms with van der Waals surface area (Å²) < 4.78 is 5.16. The number of hydrogen-bond donors (Lipinski definition) is 1. The van der Waals surface area contributed by atoms with Crippen LogP contribution in [0.5, 0.6) is 0 Å². The maximum absolute atomic E-state index is 12.6. The van der Waals surface area contributed by atoms with Crippen molar-refractivity contribution in [1.82, 2.24) is 15.2 Å². The first kappa shape index (κ1) is 17.2. The molecule has 1 aromatic carbocycles. The topological polar surface area (TPSA) is 88.2 Å². The molecule has 7 nitrogen and oxygen atoms in total. The highest BCUT2D eigenvalue weighted by Crippen LogP contribution is 2.22. The third kappa shape index (κ3) is 3.40. The summed E-state index contributed by atoms with van der Waals surface area (Å²) in [7, 11) is 0. The average molecular weight is 364 g/mol. The predicted molar refractivity (Wildman–Crippen MR) is 101 cm³/mol. The van der Waals surface area contributed by atoms with Gasteiger partial charge in [-0.25, -0.2) is 4.79 Å². The second kappa shape index (κ2) is 7.19. The third-order valence-electron chi connectivity index (χ3n) is 4.80. The lowest BCUT2D eigenvalue weighted by Gasteiger charge is -2.15. The number of ether oxygens (including phenoxy) is 1. The van der Waals surface area contributed by atoms with Gasteiger partial charge < -0.3 is 14.6 Å². The summed E-state index contributed by atoms with van der Waals surface area (Å²) in [6, 6.07) is 10.9. The van der Waals surface area contributed by atoms with E-state index in [1.54, 1.807) is 12.1 Å². The lowest BCUT2D eigenvalue weighted by atomic mass is 10.1. The lowest BCUT2D eigenvalue weighted by Crippen LogP contribution is -2.20. The molecule has 1 aliphatic rings. The van der Waals surface area contributed by atoms with Gasteiger partial charge in [0, 0.05) is 35.2 Å². The summed E-state index contributed by atoms with van der Waals surface area (Å²) in [5.41, 5.74) is 2.29. The van der Waals surface area contributed by atoms with Crippen molar-refractivity contribution in [1.29, 1.82) is 0 Å². The number of esters is 1. The van der Waals surface area contributed by atoms with Crippen molar-refractivity contribution in [2.45, 2.75) is 19.8 Å². The Morgan fingerprint density at radius 1 is 1.11 bits per heavy atom. The maximum atomic E-state index is 12.6. The van der Waals surface area contributed by atoms with Crippen LogP contribution in [0.25, 0.3) is 10.9 Å². The van der Waals surface area contributed by atoms with Crippen molar-refractivity contribution >= 4 is 28.5 Å². The van der Waals surface area contributed by atoms with Crippen LogP contribution in [-0.4, -0.2) is 46.6 Å². The SMILES string of the molecule is Cc1[nH]c2ccccc2c1C(=O)COC(=O)c1ccc(N2CCCC2)nn1. The highest BCUT2D eigenvalue weighted by atomic mass is 16.5. The van der Waals surface area contributed by atoms with Crippen LogP contribution in [0.4, 0.5) is 5.82 Å². The number of nitrogens with zero attached hydrogens (tertiary/aromatic N) is 3. The van der Waals surface area contributed by atoms with Crippen LogP contribution >= 0.6 is 0 Å². The minimum atomic E-state index is -0.652. The number of ketones is 1. The van der Waals surface area contributed by atoms with Gasteiger partial charge in [-0.3, -0.25) is 4.79 Å². The maximum Gasteiger partial charge on any atom is 0.359 e. The van der Waals surface area contributed by atoms with E-state index in [1.807, 2.05) is 31.2 Å². The first-order chi connectivity index (χ1) is 13.1. The van der Waals surface area contributed by atoms with Gasteiger partial charge >= 0.3 is 5.97 Å². The number of carbonyl (C=O) groups excluding carboxylic acids is 2. The van der Waals surface area contributed by atoms with Crippen LogP contribution in [0.3, 0.4) is 0 Å². The zero-order valence-corrected chi connectivity index (χ0v) is 15.1. The van der Waals surface area contributed by atoms with Gasteiger partial charge in [0.25, 0.3) is 0 Å². The minimum Gasteiger partial charge on any atom is -0.453 e. The van der Waals surface area contributed by atoms with Crippen LogP contribution in [0.15, 0.2) is 36.4 Å². The smallest absolute Gasteiger partial charge is 0.359 e. The molecule has 1 fully saturated rings. The second-order valence-corrected chi connectivity index (χ2v) is 6.64. The highest BCUT2D eigenvalue weighted by molar-refractivity contribution is 6.10. The number of anilines is 1. The van der Waals surface area contributed by atoms with E-state index >= 15 is 0 Å². The summed E-state index contributed by atoms with van der Waals surface area (Å²) in [6.07, 6.45) is 2.28. The fraction of sp³-hybridized carbons (Fsp3) is 0.300. The molecule has 1 aliphatic heterocycles. The van der Waals surface area contributed by atoms with Gasteiger partial charge in [-0.15, -0.1) is 10.2 Å². The van der Waals surface area contributed by atoms with Gasteiger partial charge in [-0.05, 0) is 38.0 Å². The first-order valence-electron chi connectivity index (χ1n) is 9.00. The number of H-pyrrole nitrogens is 1. The molecule has 2 aromatic heterocycles. The van der Waals surface area contributed by atoms with Gasteiger partial charge in [0.15, 0.2) is 18.1 Å². The fourth-order valence-electron chi connectivity index (χ4n) is 3.46. The number of para-hydroxylation sites is 1. The molecule has 1 saturated heterocycles. The Labute approximate surface area is 156 Å². The molecule has 0 amide bonds. The van der Waals surface area contributed by atoms with Crippen molar-refractivity contribution < 1.29 is 14.3 Å². The molecule has 0 spiro atoms. The van der Waals surface area contributed by atoms with E-state index in [9.17, 15) is 9.59 Å². The van der Waals surface area contributed by atoms with E-state index in [-0.39, 0.29) is 18.1 Å². The monoisotopic (exact) mass is 364 g/mol. The lowest BCUT2D eigenvalue weighted by molar-refractivity contribution is 0.0468. The van der Waals surface area contributed by atoms with Crippen LogP contribution in [0, 0.1) is 6.92 Å². The van der Waals surface area contributed by atoms with Gasteiger partial charge in [0.2, 0.25) is 5.78 Å². The first-order valence-corrected chi connectivity index (χ1v) is 9.00. The third-order valence-corrected chi connectivity index (χ3v) is 4.80.